The highest BCUT2D eigenvalue weighted by molar-refractivity contribution is 7.53. The van der Waals surface area contributed by atoms with Gasteiger partial charge in [-0.15, -0.1) is 0 Å². The Hall–Kier alpha value is 0.110. The fourth-order valence-electron chi connectivity index (χ4n) is 0.803. The largest absolute Gasteiger partial charge is 0.370 e. The predicted octanol–water partition coefficient (Wildman–Crippen LogP) is 1.98. The van der Waals surface area contributed by atoms with E-state index in [2.05, 4.69) is 4.52 Å². The topological polar surface area (TPSA) is 55.8 Å². The second kappa shape index (κ2) is 6.61. The van der Waals surface area contributed by atoms with E-state index < -0.39 is 14.4 Å². The van der Waals surface area contributed by atoms with E-state index in [0.29, 0.717) is 12.8 Å². The third-order valence-corrected chi connectivity index (χ3v) is 3.39. The van der Waals surface area contributed by atoms with Crippen molar-refractivity contribution in [1.82, 2.24) is 0 Å². The molecule has 4 nitrogen and oxygen atoms in total. The smallest absolute Gasteiger partial charge is 0.332 e. The molecule has 1 N–H and O–H groups in total. The molecule has 0 aliphatic carbocycles. The highest BCUT2D eigenvalue weighted by Gasteiger charge is 2.22. The maximum Gasteiger partial charge on any atom is 0.332 e. The van der Waals surface area contributed by atoms with Crippen LogP contribution >= 0.6 is 7.60 Å². The van der Waals surface area contributed by atoms with Crippen LogP contribution in [-0.2, 0) is 13.6 Å². The van der Waals surface area contributed by atoms with Gasteiger partial charge in [-0.3, -0.25) is 9.09 Å². The Labute approximate surface area is 73.4 Å². The summed E-state index contributed by atoms with van der Waals surface area (Å²) in [5.41, 5.74) is 0. The van der Waals surface area contributed by atoms with Crippen molar-refractivity contribution in [2.75, 3.05) is 19.6 Å². The molecule has 0 saturated carbocycles. The molecule has 1 unspecified atom stereocenters. The first-order valence-corrected chi connectivity index (χ1v) is 5.90. The van der Waals surface area contributed by atoms with Crippen molar-refractivity contribution < 1.29 is 18.7 Å². The van der Waals surface area contributed by atoms with E-state index in [1.807, 2.05) is 6.92 Å². The van der Waals surface area contributed by atoms with Crippen LogP contribution in [0.1, 0.15) is 26.7 Å². The zero-order chi connectivity index (χ0) is 9.45. The lowest BCUT2D eigenvalue weighted by Crippen LogP contribution is -2.00. The Morgan fingerprint density at radius 1 is 1.33 bits per heavy atom. The Morgan fingerprint density at radius 2 is 2.00 bits per heavy atom. The molecule has 0 amide bonds. The monoisotopic (exact) mass is 196 g/mol. The van der Waals surface area contributed by atoms with Gasteiger partial charge in [0.1, 0.15) is 0 Å². The van der Waals surface area contributed by atoms with Gasteiger partial charge in [-0.2, -0.15) is 0 Å². The zero-order valence-electron chi connectivity index (χ0n) is 7.65. The molecule has 1 atom stereocenters. The minimum atomic E-state index is -2.99. The standard InChI is InChI=1S/C7H17O4P/c1-3-5-6-12(9,10-4-2)11-7-8/h8H,3-7H2,1-2H3. The van der Waals surface area contributed by atoms with Gasteiger partial charge in [-0.1, -0.05) is 13.3 Å². The third kappa shape index (κ3) is 4.88. The van der Waals surface area contributed by atoms with E-state index in [1.54, 1.807) is 6.92 Å². The molecule has 0 saturated heterocycles. The van der Waals surface area contributed by atoms with Gasteiger partial charge in [0.05, 0.1) is 12.8 Å². The maximum absolute atomic E-state index is 11.6. The fourth-order valence-corrected chi connectivity index (χ4v) is 2.41. The lowest BCUT2D eigenvalue weighted by molar-refractivity contribution is 0.0772. The summed E-state index contributed by atoms with van der Waals surface area (Å²) in [7, 11) is -2.99. The molecule has 74 valence electrons. The molecule has 0 heterocycles. The van der Waals surface area contributed by atoms with Gasteiger partial charge in [-0.25, -0.2) is 0 Å². The Balaban J connectivity index is 3.90. The van der Waals surface area contributed by atoms with Crippen molar-refractivity contribution in [2.45, 2.75) is 26.7 Å². The van der Waals surface area contributed by atoms with Gasteiger partial charge in [-0.05, 0) is 13.3 Å². The van der Waals surface area contributed by atoms with Gasteiger partial charge in [0, 0.05) is 0 Å². The molecule has 0 aliphatic rings. The van der Waals surface area contributed by atoms with Crippen LogP contribution < -0.4 is 0 Å². The number of hydrogen-bond donors (Lipinski definition) is 1. The van der Waals surface area contributed by atoms with E-state index in [0.717, 1.165) is 12.8 Å². The van der Waals surface area contributed by atoms with Crippen molar-refractivity contribution in [3.8, 4) is 0 Å². The summed E-state index contributed by atoms with van der Waals surface area (Å²) in [4.78, 5) is 0. The van der Waals surface area contributed by atoms with Crippen LogP contribution in [0.2, 0.25) is 0 Å². The van der Waals surface area contributed by atoms with Crippen LogP contribution in [0.5, 0.6) is 0 Å². The summed E-state index contributed by atoms with van der Waals surface area (Å²) in [6.07, 6.45) is 2.11. The van der Waals surface area contributed by atoms with Crippen LogP contribution in [0.4, 0.5) is 0 Å². The molecular weight excluding hydrogens is 179 g/mol. The number of unbranched alkanes of at least 4 members (excludes halogenated alkanes) is 1. The lowest BCUT2D eigenvalue weighted by Gasteiger charge is -2.15. The maximum atomic E-state index is 11.6. The summed E-state index contributed by atoms with van der Waals surface area (Å²) in [5.74, 6) is 0. The molecule has 0 fully saturated rings. The molecule has 0 aromatic carbocycles. The molecule has 12 heavy (non-hydrogen) atoms. The molecule has 0 aliphatic heterocycles. The van der Waals surface area contributed by atoms with E-state index in [4.69, 9.17) is 9.63 Å². The molecule has 0 spiro atoms. The van der Waals surface area contributed by atoms with Crippen LogP contribution in [0.3, 0.4) is 0 Å². The van der Waals surface area contributed by atoms with Gasteiger partial charge >= 0.3 is 7.60 Å². The molecule has 5 heteroatoms. The molecule has 0 aromatic rings. The van der Waals surface area contributed by atoms with E-state index in [-0.39, 0.29) is 0 Å². The summed E-state index contributed by atoms with van der Waals surface area (Å²) < 4.78 is 21.2. The molecule has 0 bridgehead atoms. The Kier molecular flexibility index (Phi) is 6.67. The Morgan fingerprint density at radius 3 is 2.42 bits per heavy atom. The lowest BCUT2D eigenvalue weighted by atomic mass is 10.4. The number of aliphatic hydroxyl groups excluding tert-OH is 1. The van der Waals surface area contributed by atoms with Gasteiger partial charge < -0.3 is 9.63 Å². The van der Waals surface area contributed by atoms with E-state index >= 15 is 0 Å². The zero-order valence-corrected chi connectivity index (χ0v) is 8.55. The first-order valence-electron chi connectivity index (χ1n) is 4.17. The van der Waals surface area contributed by atoms with Gasteiger partial charge in [0.2, 0.25) is 0 Å². The van der Waals surface area contributed by atoms with Crippen LogP contribution in [0, 0.1) is 0 Å². The first-order chi connectivity index (χ1) is 5.68. The number of rotatable bonds is 7. The van der Waals surface area contributed by atoms with Crippen molar-refractivity contribution >= 4 is 7.60 Å². The minimum Gasteiger partial charge on any atom is -0.370 e. The second-order valence-electron chi connectivity index (χ2n) is 2.36. The second-order valence-corrected chi connectivity index (χ2v) is 4.55. The number of hydrogen-bond acceptors (Lipinski definition) is 4. The van der Waals surface area contributed by atoms with Crippen molar-refractivity contribution in [1.29, 1.82) is 0 Å². The first kappa shape index (κ1) is 12.1. The van der Waals surface area contributed by atoms with Crippen LogP contribution in [-0.4, -0.2) is 24.7 Å². The average molecular weight is 196 g/mol. The highest BCUT2D eigenvalue weighted by atomic mass is 31.2. The molecular formula is C7H17O4P. The summed E-state index contributed by atoms with van der Waals surface area (Å²) in [6, 6.07) is 0. The van der Waals surface area contributed by atoms with E-state index in [1.165, 1.54) is 0 Å². The third-order valence-electron chi connectivity index (χ3n) is 1.37. The summed E-state index contributed by atoms with van der Waals surface area (Å²) in [6.45, 7) is 3.55. The van der Waals surface area contributed by atoms with Crippen molar-refractivity contribution in [3.05, 3.63) is 0 Å². The summed E-state index contributed by atoms with van der Waals surface area (Å²) >= 11 is 0. The van der Waals surface area contributed by atoms with Crippen molar-refractivity contribution in [3.63, 3.8) is 0 Å². The molecule has 0 radical (unpaired) electrons. The highest BCUT2D eigenvalue weighted by Crippen LogP contribution is 2.48. The van der Waals surface area contributed by atoms with Gasteiger partial charge in [0.15, 0.2) is 6.79 Å². The fraction of sp³-hybridized carbons (Fsp3) is 1.00. The van der Waals surface area contributed by atoms with Gasteiger partial charge in [0.25, 0.3) is 0 Å². The molecule has 0 rings (SSSR count). The minimum absolute atomic E-state index is 0.348. The quantitative estimate of drug-likeness (QED) is 0.499. The Bertz CT molecular complexity index is 138. The molecule has 0 aromatic heterocycles. The normalized spacial score (nSPS) is 15.9. The average Bonchev–Trinajstić information content (AvgIpc) is 2.02. The van der Waals surface area contributed by atoms with Crippen LogP contribution in [0.15, 0.2) is 0 Å². The SMILES string of the molecule is CCCCP(=O)(OCC)OCO. The van der Waals surface area contributed by atoms with Crippen molar-refractivity contribution in [2.24, 2.45) is 0 Å². The predicted molar refractivity (Wildman–Crippen MR) is 47.2 cm³/mol. The van der Waals surface area contributed by atoms with Crippen LogP contribution in [0.25, 0.3) is 0 Å². The van der Waals surface area contributed by atoms with E-state index in [9.17, 15) is 4.57 Å². The number of aliphatic hydroxyl groups is 1. The summed E-state index contributed by atoms with van der Waals surface area (Å²) in [5, 5.41) is 8.45.